The highest BCUT2D eigenvalue weighted by molar-refractivity contribution is 5.82. The van der Waals surface area contributed by atoms with Gasteiger partial charge in [-0.1, -0.05) is 19.1 Å². The number of hydrogen-bond donors (Lipinski definition) is 1. The fourth-order valence-electron chi connectivity index (χ4n) is 1.37. The molecule has 5 heteroatoms. The van der Waals surface area contributed by atoms with Gasteiger partial charge in [0.05, 0.1) is 5.69 Å². The molecular weight excluding hydrogens is 206 g/mol. The summed E-state index contributed by atoms with van der Waals surface area (Å²) in [7, 11) is 0. The molecule has 82 valence electrons. The van der Waals surface area contributed by atoms with Crippen LogP contribution in [0.15, 0.2) is 30.6 Å². The Kier molecular flexibility index (Phi) is 2.68. The van der Waals surface area contributed by atoms with Crippen molar-refractivity contribution in [2.75, 3.05) is 0 Å². The zero-order valence-electron chi connectivity index (χ0n) is 8.79. The molecule has 1 heterocycles. The quantitative estimate of drug-likeness (QED) is 0.846. The van der Waals surface area contributed by atoms with Crippen molar-refractivity contribution < 1.29 is 9.90 Å². The summed E-state index contributed by atoms with van der Waals surface area (Å²) in [6, 6.07) is 7.74. The Morgan fingerprint density at radius 3 is 2.56 bits per heavy atom. The molecule has 0 aliphatic carbocycles. The van der Waals surface area contributed by atoms with Crippen LogP contribution in [0.25, 0.3) is 5.69 Å². The number of carboxylic acid groups (broad SMARTS) is 1. The fourth-order valence-corrected chi connectivity index (χ4v) is 1.37. The van der Waals surface area contributed by atoms with Crippen molar-refractivity contribution in [1.29, 1.82) is 0 Å². The van der Waals surface area contributed by atoms with E-state index >= 15 is 0 Å². The van der Waals surface area contributed by atoms with E-state index in [9.17, 15) is 4.79 Å². The van der Waals surface area contributed by atoms with Gasteiger partial charge in [0, 0.05) is 0 Å². The zero-order chi connectivity index (χ0) is 11.5. The van der Waals surface area contributed by atoms with Gasteiger partial charge in [-0.05, 0) is 24.1 Å². The van der Waals surface area contributed by atoms with Crippen molar-refractivity contribution in [3.8, 4) is 5.69 Å². The lowest BCUT2D eigenvalue weighted by atomic mass is 10.1. The maximum atomic E-state index is 10.6. The van der Waals surface area contributed by atoms with Gasteiger partial charge in [0.2, 0.25) is 0 Å². The molecule has 0 aliphatic heterocycles. The Hall–Kier alpha value is -2.17. The molecule has 2 aromatic rings. The molecular formula is C11H11N3O2. The van der Waals surface area contributed by atoms with Crippen molar-refractivity contribution in [3.63, 3.8) is 0 Å². The molecule has 0 saturated carbocycles. The monoisotopic (exact) mass is 217 g/mol. The Morgan fingerprint density at radius 2 is 2.06 bits per heavy atom. The summed E-state index contributed by atoms with van der Waals surface area (Å²) in [5.41, 5.74) is 2.03. The van der Waals surface area contributed by atoms with E-state index in [-0.39, 0.29) is 5.82 Å². The standard InChI is InChI=1S/C11H11N3O2/c1-2-8-3-5-9(6-4-8)14-7-12-10(13-14)11(15)16/h3-7H,2H2,1H3,(H,15,16). The fraction of sp³-hybridized carbons (Fsp3) is 0.182. The summed E-state index contributed by atoms with van der Waals surface area (Å²) >= 11 is 0. The Morgan fingerprint density at radius 1 is 1.38 bits per heavy atom. The van der Waals surface area contributed by atoms with Crippen LogP contribution in [0.2, 0.25) is 0 Å². The summed E-state index contributed by atoms with van der Waals surface area (Å²) in [5.74, 6) is -1.32. The van der Waals surface area contributed by atoms with Crippen LogP contribution in [0.1, 0.15) is 23.1 Å². The van der Waals surface area contributed by atoms with E-state index in [2.05, 4.69) is 17.0 Å². The summed E-state index contributed by atoms with van der Waals surface area (Å²) in [6.07, 6.45) is 2.36. The maximum Gasteiger partial charge on any atom is 0.375 e. The van der Waals surface area contributed by atoms with E-state index in [1.54, 1.807) is 0 Å². The molecule has 2 rings (SSSR count). The molecule has 0 radical (unpaired) electrons. The Labute approximate surface area is 92.4 Å². The molecule has 0 aliphatic rings. The van der Waals surface area contributed by atoms with Gasteiger partial charge in [0.25, 0.3) is 5.82 Å². The molecule has 0 atom stereocenters. The highest BCUT2D eigenvalue weighted by Crippen LogP contribution is 2.08. The second-order valence-electron chi connectivity index (χ2n) is 3.34. The van der Waals surface area contributed by atoms with Crippen LogP contribution in [0.4, 0.5) is 0 Å². The molecule has 0 spiro atoms. The van der Waals surface area contributed by atoms with Crippen LogP contribution in [0.5, 0.6) is 0 Å². The highest BCUT2D eigenvalue weighted by Gasteiger charge is 2.09. The lowest BCUT2D eigenvalue weighted by Gasteiger charge is -2.01. The normalized spacial score (nSPS) is 10.3. The second kappa shape index (κ2) is 4.14. The van der Waals surface area contributed by atoms with Gasteiger partial charge in [0.1, 0.15) is 6.33 Å². The minimum atomic E-state index is -1.12. The first kappa shape index (κ1) is 10.4. The molecule has 0 bridgehead atoms. The van der Waals surface area contributed by atoms with Crippen LogP contribution in [-0.2, 0) is 6.42 Å². The molecule has 16 heavy (non-hydrogen) atoms. The van der Waals surface area contributed by atoms with Gasteiger partial charge in [0.15, 0.2) is 0 Å². The first-order valence-corrected chi connectivity index (χ1v) is 4.95. The smallest absolute Gasteiger partial charge is 0.375 e. The average molecular weight is 217 g/mol. The summed E-state index contributed by atoms with van der Waals surface area (Å²) in [6.45, 7) is 2.08. The number of benzene rings is 1. The van der Waals surface area contributed by atoms with E-state index in [4.69, 9.17) is 5.11 Å². The Bertz CT molecular complexity index is 502. The van der Waals surface area contributed by atoms with Crippen molar-refractivity contribution in [2.24, 2.45) is 0 Å². The second-order valence-corrected chi connectivity index (χ2v) is 3.34. The SMILES string of the molecule is CCc1ccc(-n2cnc(C(=O)O)n2)cc1. The molecule has 1 N–H and O–H groups in total. The van der Waals surface area contributed by atoms with Crippen molar-refractivity contribution in [3.05, 3.63) is 42.0 Å². The average Bonchev–Trinajstić information content (AvgIpc) is 2.78. The number of carbonyl (C=O) groups is 1. The van der Waals surface area contributed by atoms with Crippen LogP contribution in [-0.4, -0.2) is 25.8 Å². The van der Waals surface area contributed by atoms with E-state index in [0.29, 0.717) is 0 Å². The van der Waals surface area contributed by atoms with Gasteiger partial charge in [-0.15, -0.1) is 5.10 Å². The molecule has 1 aromatic carbocycles. The molecule has 0 fully saturated rings. The molecule has 0 amide bonds. The van der Waals surface area contributed by atoms with Crippen LogP contribution in [0, 0.1) is 0 Å². The summed E-state index contributed by atoms with van der Waals surface area (Å²) in [4.78, 5) is 14.3. The third kappa shape index (κ3) is 1.93. The minimum Gasteiger partial charge on any atom is -0.475 e. The van der Waals surface area contributed by atoms with E-state index in [1.807, 2.05) is 24.3 Å². The molecule has 5 nitrogen and oxygen atoms in total. The maximum absolute atomic E-state index is 10.6. The van der Waals surface area contributed by atoms with E-state index in [1.165, 1.54) is 16.6 Å². The molecule has 0 saturated heterocycles. The lowest BCUT2D eigenvalue weighted by Crippen LogP contribution is -2.01. The number of aryl methyl sites for hydroxylation is 1. The van der Waals surface area contributed by atoms with Gasteiger partial charge >= 0.3 is 5.97 Å². The summed E-state index contributed by atoms with van der Waals surface area (Å²) < 4.78 is 1.45. The zero-order valence-corrected chi connectivity index (χ0v) is 8.79. The van der Waals surface area contributed by atoms with Gasteiger partial charge in [-0.25, -0.2) is 14.5 Å². The number of aromatic carboxylic acids is 1. The number of hydrogen-bond acceptors (Lipinski definition) is 3. The van der Waals surface area contributed by atoms with Crippen LogP contribution >= 0.6 is 0 Å². The summed E-state index contributed by atoms with van der Waals surface area (Å²) in [5, 5.41) is 12.5. The minimum absolute atomic E-state index is 0.195. The van der Waals surface area contributed by atoms with E-state index < -0.39 is 5.97 Å². The number of aromatic nitrogens is 3. The van der Waals surface area contributed by atoms with Crippen LogP contribution < -0.4 is 0 Å². The number of nitrogens with zero attached hydrogens (tertiary/aromatic N) is 3. The van der Waals surface area contributed by atoms with Crippen molar-refractivity contribution in [1.82, 2.24) is 14.8 Å². The largest absolute Gasteiger partial charge is 0.475 e. The van der Waals surface area contributed by atoms with Crippen molar-refractivity contribution >= 4 is 5.97 Å². The first-order valence-electron chi connectivity index (χ1n) is 4.95. The van der Waals surface area contributed by atoms with E-state index in [0.717, 1.165) is 12.1 Å². The molecule has 1 aromatic heterocycles. The van der Waals surface area contributed by atoms with Crippen molar-refractivity contribution in [2.45, 2.75) is 13.3 Å². The topological polar surface area (TPSA) is 68.0 Å². The lowest BCUT2D eigenvalue weighted by molar-refractivity contribution is 0.0683. The van der Waals surface area contributed by atoms with Gasteiger partial charge < -0.3 is 5.11 Å². The molecule has 0 unspecified atom stereocenters. The predicted molar refractivity (Wildman–Crippen MR) is 57.7 cm³/mol. The van der Waals surface area contributed by atoms with Gasteiger partial charge in [-0.2, -0.15) is 0 Å². The third-order valence-corrected chi connectivity index (χ3v) is 2.29. The van der Waals surface area contributed by atoms with Crippen LogP contribution in [0.3, 0.4) is 0 Å². The number of carboxylic acids is 1. The predicted octanol–water partition coefficient (Wildman–Crippen LogP) is 1.53. The Balaban J connectivity index is 2.31. The van der Waals surface area contributed by atoms with Gasteiger partial charge in [-0.3, -0.25) is 0 Å². The third-order valence-electron chi connectivity index (χ3n) is 2.29. The highest BCUT2D eigenvalue weighted by atomic mass is 16.4. The number of rotatable bonds is 3. The first-order chi connectivity index (χ1) is 7.70.